The van der Waals surface area contributed by atoms with Crippen LogP contribution in [0.2, 0.25) is 0 Å². The second kappa shape index (κ2) is 5.79. The van der Waals surface area contributed by atoms with Gasteiger partial charge in [-0.15, -0.1) is 0 Å². The summed E-state index contributed by atoms with van der Waals surface area (Å²) in [4.78, 5) is 11.2. The minimum absolute atomic E-state index is 0.114. The highest BCUT2D eigenvalue weighted by atomic mass is 16.1. The van der Waals surface area contributed by atoms with E-state index >= 15 is 0 Å². The van der Waals surface area contributed by atoms with Crippen LogP contribution in [-0.2, 0) is 4.79 Å². The highest BCUT2D eigenvalue weighted by molar-refractivity contribution is 6.02. The third-order valence-electron chi connectivity index (χ3n) is 3.56. The number of nitrogens with two attached hydrogens (primary N) is 1. The van der Waals surface area contributed by atoms with Gasteiger partial charge in [0.05, 0.1) is 23.9 Å². The molecule has 1 amide bonds. The summed E-state index contributed by atoms with van der Waals surface area (Å²) >= 11 is 0. The van der Waals surface area contributed by atoms with Crippen LogP contribution in [0.1, 0.15) is 24.4 Å². The molecule has 0 bridgehead atoms. The maximum atomic E-state index is 11.2. The van der Waals surface area contributed by atoms with E-state index in [0.29, 0.717) is 0 Å². The Morgan fingerprint density at radius 2 is 1.71 bits per heavy atom. The largest absolute Gasteiger partial charge is 0.369 e. The lowest BCUT2D eigenvalue weighted by atomic mass is 10.0. The van der Waals surface area contributed by atoms with Gasteiger partial charge in [0, 0.05) is 6.42 Å². The second-order valence-corrected chi connectivity index (χ2v) is 5.12. The van der Waals surface area contributed by atoms with Crippen molar-refractivity contribution in [2.75, 3.05) is 5.01 Å². The smallest absolute Gasteiger partial charge is 0.223 e. The number of rotatable bonds is 4. The molecule has 2 aromatic carbocycles. The Morgan fingerprint density at radius 1 is 1.10 bits per heavy atom. The van der Waals surface area contributed by atoms with Crippen LogP contribution < -0.4 is 10.7 Å². The average Bonchev–Trinajstić information content (AvgIpc) is 2.92. The van der Waals surface area contributed by atoms with Crippen LogP contribution in [0, 0.1) is 0 Å². The summed E-state index contributed by atoms with van der Waals surface area (Å²) in [5.41, 5.74) is 8.34. The van der Waals surface area contributed by atoms with Crippen molar-refractivity contribution in [2.24, 2.45) is 10.8 Å². The predicted molar refractivity (Wildman–Crippen MR) is 84.0 cm³/mol. The number of anilines is 1. The van der Waals surface area contributed by atoms with E-state index in [9.17, 15) is 4.79 Å². The Balaban J connectivity index is 1.94. The first-order valence-corrected chi connectivity index (χ1v) is 6.98. The van der Waals surface area contributed by atoms with E-state index in [1.165, 1.54) is 5.56 Å². The summed E-state index contributed by atoms with van der Waals surface area (Å²) in [6, 6.07) is 20.3. The van der Waals surface area contributed by atoms with Crippen LogP contribution in [0.15, 0.2) is 65.8 Å². The molecule has 2 aromatic rings. The van der Waals surface area contributed by atoms with Crippen molar-refractivity contribution in [3.05, 3.63) is 66.2 Å². The molecule has 1 atom stereocenters. The molecule has 21 heavy (non-hydrogen) atoms. The molecule has 3 rings (SSSR count). The molecule has 1 aliphatic rings. The van der Waals surface area contributed by atoms with Crippen molar-refractivity contribution in [3.8, 4) is 0 Å². The number of amides is 1. The van der Waals surface area contributed by atoms with Crippen LogP contribution in [-0.4, -0.2) is 11.6 Å². The minimum atomic E-state index is -0.338. The standard InChI is InChI=1S/C17H17N3O/c18-17(21)12-14-11-16(13-7-3-1-4-8-13)20(19-14)15-9-5-2-6-10-15/h1-10,16H,11-12H2,(H2,18,21). The zero-order valence-electron chi connectivity index (χ0n) is 11.6. The lowest BCUT2D eigenvalue weighted by molar-refractivity contribution is -0.116. The van der Waals surface area contributed by atoms with Gasteiger partial charge in [0.15, 0.2) is 0 Å². The maximum Gasteiger partial charge on any atom is 0.223 e. The van der Waals surface area contributed by atoms with Crippen molar-refractivity contribution in [1.82, 2.24) is 0 Å². The van der Waals surface area contributed by atoms with Gasteiger partial charge in [-0.05, 0) is 17.7 Å². The van der Waals surface area contributed by atoms with E-state index in [4.69, 9.17) is 5.73 Å². The van der Waals surface area contributed by atoms with Crippen molar-refractivity contribution in [1.29, 1.82) is 0 Å². The van der Waals surface area contributed by atoms with Crippen LogP contribution in [0.3, 0.4) is 0 Å². The van der Waals surface area contributed by atoms with Gasteiger partial charge < -0.3 is 5.73 Å². The topological polar surface area (TPSA) is 58.7 Å². The molecule has 1 heterocycles. The minimum Gasteiger partial charge on any atom is -0.369 e. The quantitative estimate of drug-likeness (QED) is 0.935. The number of hydrogen-bond acceptors (Lipinski definition) is 3. The molecule has 0 saturated heterocycles. The molecule has 106 valence electrons. The monoisotopic (exact) mass is 279 g/mol. The van der Waals surface area contributed by atoms with Crippen molar-refractivity contribution in [2.45, 2.75) is 18.9 Å². The normalized spacial score (nSPS) is 17.6. The van der Waals surface area contributed by atoms with E-state index in [-0.39, 0.29) is 18.4 Å². The predicted octanol–water partition coefficient (Wildman–Crippen LogP) is 2.87. The Hall–Kier alpha value is -2.62. The van der Waals surface area contributed by atoms with Gasteiger partial charge in [-0.25, -0.2) is 0 Å². The molecule has 2 N–H and O–H groups in total. The number of nitrogens with zero attached hydrogens (tertiary/aromatic N) is 2. The van der Waals surface area contributed by atoms with Gasteiger partial charge in [0.25, 0.3) is 0 Å². The number of hydrazone groups is 1. The molecule has 0 saturated carbocycles. The van der Waals surface area contributed by atoms with Gasteiger partial charge in [-0.2, -0.15) is 5.10 Å². The number of benzene rings is 2. The first-order valence-electron chi connectivity index (χ1n) is 6.98. The highest BCUT2D eigenvalue weighted by Crippen LogP contribution is 2.35. The van der Waals surface area contributed by atoms with Gasteiger partial charge in [0.2, 0.25) is 5.91 Å². The first-order chi connectivity index (χ1) is 10.2. The fourth-order valence-electron chi connectivity index (χ4n) is 2.63. The Bertz CT molecular complexity index is 652. The molecule has 1 aliphatic heterocycles. The summed E-state index contributed by atoms with van der Waals surface area (Å²) in [6.45, 7) is 0. The summed E-state index contributed by atoms with van der Waals surface area (Å²) in [7, 11) is 0. The lowest BCUT2D eigenvalue weighted by Gasteiger charge is -2.23. The van der Waals surface area contributed by atoms with Gasteiger partial charge in [-0.1, -0.05) is 48.5 Å². The zero-order valence-corrected chi connectivity index (χ0v) is 11.6. The maximum absolute atomic E-state index is 11.2. The zero-order chi connectivity index (χ0) is 14.7. The Labute approximate surface area is 123 Å². The molecule has 4 heteroatoms. The fourth-order valence-corrected chi connectivity index (χ4v) is 2.63. The lowest BCUT2D eigenvalue weighted by Crippen LogP contribution is -2.18. The number of hydrogen-bond donors (Lipinski definition) is 1. The third-order valence-corrected chi connectivity index (χ3v) is 3.56. The van der Waals surface area contributed by atoms with E-state index in [2.05, 4.69) is 17.2 Å². The van der Waals surface area contributed by atoms with E-state index in [1.807, 2.05) is 53.5 Å². The molecular formula is C17H17N3O. The highest BCUT2D eigenvalue weighted by Gasteiger charge is 2.29. The summed E-state index contributed by atoms with van der Waals surface area (Å²) < 4.78 is 0. The van der Waals surface area contributed by atoms with Crippen LogP contribution in [0.25, 0.3) is 0 Å². The van der Waals surface area contributed by atoms with E-state index in [1.54, 1.807) is 0 Å². The Kier molecular flexibility index (Phi) is 3.69. The number of carbonyl (C=O) groups excluding carboxylic acids is 1. The molecule has 0 radical (unpaired) electrons. The molecule has 0 aromatic heterocycles. The van der Waals surface area contributed by atoms with Crippen molar-refractivity contribution < 1.29 is 4.79 Å². The molecule has 0 fully saturated rings. The van der Waals surface area contributed by atoms with Crippen molar-refractivity contribution in [3.63, 3.8) is 0 Å². The number of primary amides is 1. The average molecular weight is 279 g/mol. The number of carbonyl (C=O) groups is 1. The molecule has 1 unspecified atom stereocenters. The molecule has 0 spiro atoms. The van der Waals surface area contributed by atoms with Gasteiger partial charge in [0.1, 0.15) is 0 Å². The fraction of sp³-hybridized carbons (Fsp3) is 0.176. The van der Waals surface area contributed by atoms with Crippen LogP contribution >= 0.6 is 0 Å². The summed E-state index contributed by atoms with van der Waals surface area (Å²) in [5, 5.41) is 6.59. The number of para-hydroxylation sites is 1. The van der Waals surface area contributed by atoms with Gasteiger partial charge >= 0.3 is 0 Å². The van der Waals surface area contributed by atoms with E-state index in [0.717, 1.165) is 17.8 Å². The third kappa shape index (κ3) is 2.94. The molecule has 0 aliphatic carbocycles. The summed E-state index contributed by atoms with van der Waals surface area (Å²) in [5.74, 6) is -0.338. The van der Waals surface area contributed by atoms with E-state index < -0.39 is 0 Å². The van der Waals surface area contributed by atoms with Crippen LogP contribution in [0.5, 0.6) is 0 Å². The first kappa shape index (κ1) is 13.4. The van der Waals surface area contributed by atoms with Crippen LogP contribution in [0.4, 0.5) is 5.69 Å². The SMILES string of the molecule is NC(=O)CC1=NN(c2ccccc2)C(c2ccccc2)C1. The second-order valence-electron chi connectivity index (χ2n) is 5.12. The molecule has 4 nitrogen and oxygen atoms in total. The van der Waals surface area contributed by atoms with Gasteiger partial charge in [-0.3, -0.25) is 9.80 Å². The molecular weight excluding hydrogens is 262 g/mol. The Morgan fingerprint density at radius 3 is 2.33 bits per heavy atom. The summed E-state index contributed by atoms with van der Waals surface area (Å²) in [6.07, 6.45) is 0.939. The van der Waals surface area contributed by atoms with Crippen molar-refractivity contribution >= 4 is 17.3 Å².